The van der Waals surface area contributed by atoms with Crippen molar-refractivity contribution in [2.75, 3.05) is 27.3 Å². The molecule has 1 saturated heterocycles. The minimum Gasteiger partial charge on any atom is -0.493 e. The highest BCUT2D eigenvalue weighted by molar-refractivity contribution is 5.49. The minimum absolute atomic E-state index is 0.210. The molecule has 1 aromatic carbocycles. The van der Waals surface area contributed by atoms with E-state index in [1.54, 1.807) is 14.2 Å². The molecule has 0 aromatic heterocycles. The highest BCUT2D eigenvalue weighted by Gasteiger charge is 2.38. The number of methoxy groups -OCH3 is 2. The molecule has 23 heavy (non-hydrogen) atoms. The molecule has 0 saturated carbocycles. The van der Waals surface area contributed by atoms with Crippen LogP contribution in [0.1, 0.15) is 43.9 Å². The van der Waals surface area contributed by atoms with E-state index in [-0.39, 0.29) is 6.10 Å². The Morgan fingerprint density at radius 3 is 2.57 bits per heavy atom. The Morgan fingerprint density at radius 1 is 1.22 bits per heavy atom. The number of fused-ring (bicyclic) bond motifs is 3. The molecule has 1 N–H and O–H groups in total. The molecule has 0 bridgehead atoms. The first-order valence-electron chi connectivity index (χ1n) is 8.70. The predicted molar refractivity (Wildman–Crippen MR) is 91.1 cm³/mol. The van der Waals surface area contributed by atoms with Crippen LogP contribution in [0.3, 0.4) is 0 Å². The van der Waals surface area contributed by atoms with Gasteiger partial charge in [0.2, 0.25) is 0 Å². The van der Waals surface area contributed by atoms with Crippen molar-refractivity contribution in [3.05, 3.63) is 23.3 Å². The quantitative estimate of drug-likeness (QED) is 0.926. The van der Waals surface area contributed by atoms with E-state index in [0.717, 1.165) is 43.9 Å². The molecule has 1 fully saturated rings. The lowest BCUT2D eigenvalue weighted by Crippen LogP contribution is -2.48. The van der Waals surface area contributed by atoms with Gasteiger partial charge in [-0.15, -0.1) is 0 Å². The summed E-state index contributed by atoms with van der Waals surface area (Å²) < 4.78 is 10.9. The standard InChI is InChI=1S/C19H29NO3/c1-12(2)7-14-11-20-6-5-13-8-18(22-3)19(23-4)9-15(13)16(20)10-17(14)21/h8-9,12,14,16-17,21H,5-7,10-11H2,1-4H3/i3-1. The average molecular weight is 318 g/mol. The molecule has 3 atom stereocenters. The smallest absolute Gasteiger partial charge is 0.161 e. The number of aliphatic hydroxyl groups is 1. The van der Waals surface area contributed by atoms with E-state index < -0.39 is 0 Å². The van der Waals surface area contributed by atoms with Crippen molar-refractivity contribution in [3.8, 4) is 11.5 Å². The fraction of sp³-hybridized carbons (Fsp3) is 0.684. The van der Waals surface area contributed by atoms with Gasteiger partial charge < -0.3 is 14.6 Å². The van der Waals surface area contributed by atoms with Gasteiger partial charge >= 0.3 is 0 Å². The first-order valence-corrected chi connectivity index (χ1v) is 8.70. The topological polar surface area (TPSA) is 41.9 Å². The van der Waals surface area contributed by atoms with Crippen LogP contribution in [0, 0.1) is 11.8 Å². The summed E-state index contributed by atoms with van der Waals surface area (Å²) in [5.41, 5.74) is 2.63. The molecule has 1 aromatic rings. The van der Waals surface area contributed by atoms with Gasteiger partial charge in [-0.2, -0.15) is 0 Å². The van der Waals surface area contributed by atoms with Crippen LogP contribution in [0.2, 0.25) is 0 Å². The van der Waals surface area contributed by atoms with Crippen LogP contribution in [-0.2, 0) is 6.42 Å². The van der Waals surface area contributed by atoms with Gasteiger partial charge in [0.25, 0.3) is 0 Å². The van der Waals surface area contributed by atoms with Crippen molar-refractivity contribution in [2.45, 2.75) is 45.3 Å². The van der Waals surface area contributed by atoms with Crippen LogP contribution >= 0.6 is 0 Å². The number of aliphatic hydroxyl groups excluding tert-OH is 1. The van der Waals surface area contributed by atoms with Gasteiger partial charge in [-0.05, 0) is 54.4 Å². The molecule has 2 heterocycles. The molecular formula is C19H29NO3. The van der Waals surface area contributed by atoms with Crippen LogP contribution in [-0.4, -0.2) is 43.4 Å². The molecule has 128 valence electrons. The lowest BCUT2D eigenvalue weighted by molar-refractivity contribution is -0.0191. The average Bonchev–Trinajstić information content (AvgIpc) is 2.53. The first kappa shape index (κ1) is 16.6. The Kier molecular flexibility index (Phi) is 4.83. The number of ether oxygens (including phenoxy) is 2. The summed E-state index contributed by atoms with van der Waals surface area (Å²) in [5, 5.41) is 10.6. The van der Waals surface area contributed by atoms with Crippen LogP contribution in [0.5, 0.6) is 11.5 Å². The number of hydrogen-bond donors (Lipinski definition) is 1. The van der Waals surface area contributed by atoms with Crippen molar-refractivity contribution >= 4 is 0 Å². The van der Waals surface area contributed by atoms with Crippen molar-refractivity contribution in [1.82, 2.24) is 4.90 Å². The van der Waals surface area contributed by atoms with E-state index in [9.17, 15) is 5.11 Å². The van der Waals surface area contributed by atoms with Gasteiger partial charge in [0, 0.05) is 19.1 Å². The third kappa shape index (κ3) is 3.20. The number of benzene rings is 1. The van der Waals surface area contributed by atoms with E-state index in [1.165, 1.54) is 11.1 Å². The second-order valence-corrected chi connectivity index (χ2v) is 7.36. The third-order valence-corrected chi connectivity index (χ3v) is 5.37. The first-order chi connectivity index (χ1) is 11.0. The number of piperidine rings is 1. The van der Waals surface area contributed by atoms with E-state index in [2.05, 4.69) is 30.9 Å². The largest absolute Gasteiger partial charge is 0.493 e. The number of nitrogens with zero attached hydrogens (tertiary/aromatic N) is 1. The Labute approximate surface area is 139 Å². The van der Waals surface area contributed by atoms with Crippen molar-refractivity contribution in [1.29, 1.82) is 0 Å². The molecule has 4 heteroatoms. The zero-order chi connectivity index (χ0) is 16.6. The van der Waals surface area contributed by atoms with E-state index in [4.69, 9.17) is 9.47 Å². The van der Waals surface area contributed by atoms with Gasteiger partial charge in [0.15, 0.2) is 11.5 Å². The highest BCUT2D eigenvalue weighted by Crippen LogP contribution is 2.43. The molecule has 2 aliphatic heterocycles. The second-order valence-electron chi connectivity index (χ2n) is 7.36. The lowest BCUT2D eigenvalue weighted by Gasteiger charge is -2.46. The van der Waals surface area contributed by atoms with Crippen LogP contribution in [0.25, 0.3) is 0 Å². The summed E-state index contributed by atoms with van der Waals surface area (Å²) in [7, 11) is 3.36. The molecule has 2 aliphatic rings. The predicted octanol–water partition coefficient (Wildman–Crippen LogP) is 3.03. The fourth-order valence-corrected chi connectivity index (χ4v) is 4.26. The van der Waals surface area contributed by atoms with Crippen molar-refractivity contribution in [2.24, 2.45) is 11.8 Å². The monoisotopic (exact) mass is 318 g/mol. The Bertz CT molecular complexity index is 558. The van der Waals surface area contributed by atoms with Crippen LogP contribution < -0.4 is 9.47 Å². The molecule has 3 unspecified atom stereocenters. The third-order valence-electron chi connectivity index (χ3n) is 5.37. The van der Waals surface area contributed by atoms with Gasteiger partial charge in [0.1, 0.15) is 0 Å². The molecule has 0 aliphatic carbocycles. The summed E-state index contributed by atoms with van der Waals surface area (Å²) >= 11 is 0. The van der Waals surface area contributed by atoms with Crippen molar-refractivity contribution < 1.29 is 14.6 Å². The maximum atomic E-state index is 10.6. The highest BCUT2D eigenvalue weighted by atomic mass is 16.5. The number of rotatable bonds is 4. The Balaban J connectivity index is 1.87. The molecule has 0 amide bonds. The fourth-order valence-electron chi connectivity index (χ4n) is 4.26. The van der Waals surface area contributed by atoms with Gasteiger partial charge in [-0.25, -0.2) is 0 Å². The molecular weight excluding hydrogens is 289 g/mol. The summed E-state index contributed by atoms with van der Waals surface area (Å²) in [6.07, 6.45) is 2.75. The summed E-state index contributed by atoms with van der Waals surface area (Å²) in [6.45, 7) is 6.54. The van der Waals surface area contributed by atoms with Gasteiger partial charge in [-0.1, -0.05) is 13.8 Å². The zero-order valence-corrected chi connectivity index (χ0v) is 14.7. The minimum atomic E-state index is -0.210. The second kappa shape index (κ2) is 6.70. The molecule has 3 rings (SSSR count). The SMILES string of the molecule is COc1cc2c(cc1O[11CH3])CCN1CC(CC(C)C)C(O)CC21. The summed E-state index contributed by atoms with van der Waals surface area (Å²) in [6, 6.07) is 4.52. The lowest BCUT2D eigenvalue weighted by atomic mass is 9.79. The van der Waals surface area contributed by atoms with E-state index in [1.807, 2.05) is 0 Å². The Morgan fingerprint density at radius 2 is 1.91 bits per heavy atom. The normalized spacial score (nSPS) is 27.5. The maximum absolute atomic E-state index is 10.6. The molecule has 0 spiro atoms. The van der Waals surface area contributed by atoms with Crippen molar-refractivity contribution in [3.63, 3.8) is 0 Å². The Hall–Kier alpha value is -1.26. The van der Waals surface area contributed by atoms with Gasteiger partial charge in [0.05, 0.1) is 20.3 Å². The zero-order valence-electron chi connectivity index (χ0n) is 14.7. The molecule has 0 radical (unpaired) electrons. The number of hydrogen-bond acceptors (Lipinski definition) is 4. The maximum Gasteiger partial charge on any atom is 0.161 e. The van der Waals surface area contributed by atoms with Gasteiger partial charge in [-0.3, -0.25) is 4.90 Å². The summed E-state index contributed by atoms with van der Waals surface area (Å²) in [5.74, 6) is 2.61. The molecule has 4 nitrogen and oxygen atoms in total. The van der Waals surface area contributed by atoms with Crippen LogP contribution in [0.4, 0.5) is 0 Å². The van der Waals surface area contributed by atoms with E-state index >= 15 is 0 Å². The summed E-state index contributed by atoms with van der Waals surface area (Å²) in [4.78, 5) is 2.55. The van der Waals surface area contributed by atoms with E-state index in [0.29, 0.717) is 17.9 Å². The van der Waals surface area contributed by atoms with Crippen LogP contribution in [0.15, 0.2) is 12.1 Å².